The van der Waals surface area contributed by atoms with E-state index in [1.54, 1.807) is 20.0 Å². The summed E-state index contributed by atoms with van der Waals surface area (Å²) in [5.74, 6) is 0.776. The fraction of sp³-hybridized carbons (Fsp3) is 0.677. The number of piperidine rings is 5. The van der Waals surface area contributed by atoms with Crippen LogP contribution in [0.15, 0.2) is 110 Å². The summed E-state index contributed by atoms with van der Waals surface area (Å²) in [7, 11) is 2.02. The summed E-state index contributed by atoms with van der Waals surface area (Å²) in [6.07, 6.45) is 56.7. The summed E-state index contributed by atoms with van der Waals surface area (Å²) >= 11 is 0. The number of aromatic nitrogens is 9. The first kappa shape index (κ1) is 85.2. The number of anilines is 1. The molecule has 4 bridgehead atoms. The lowest BCUT2D eigenvalue weighted by molar-refractivity contribution is -0.118. The van der Waals surface area contributed by atoms with Crippen LogP contribution < -0.4 is 27.1 Å². The summed E-state index contributed by atoms with van der Waals surface area (Å²) in [5.41, 5.74) is 9.50. The van der Waals surface area contributed by atoms with E-state index in [2.05, 4.69) is 76.7 Å². The molecule has 3 aromatic carbocycles. The van der Waals surface area contributed by atoms with E-state index in [0.29, 0.717) is 71.3 Å². The first-order valence-corrected chi connectivity index (χ1v) is 48.0. The monoisotopic (exact) mass is 1620 g/mol. The van der Waals surface area contributed by atoms with E-state index in [9.17, 15) is 24.0 Å². The molecule has 8 aromatic rings. The number of fused-ring (bicyclic) bond motifs is 8. The van der Waals surface area contributed by atoms with Crippen molar-refractivity contribution in [3.63, 3.8) is 0 Å². The van der Waals surface area contributed by atoms with Crippen molar-refractivity contribution in [2.24, 2.45) is 0 Å². The van der Waals surface area contributed by atoms with Gasteiger partial charge in [-0.05, 0) is 218 Å². The fourth-order valence-corrected chi connectivity index (χ4v) is 24.5. The summed E-state index contributed by atoms with van der Waals surface area (Å²) in [5, 5.41) is 0. The number of nitrogens with zero attached hydrogens (tertiary/aromatic N) is 15. The minimum atomic E-state index is 0.0508. The van der Waals surface area contributed by atoms with E-state index in [4.69, 9.17) is 4.98 Å². The molecular weight excluding hydrogens is 1480 g/mol. The van der Waals surface area contributed by atoms with Gasteiger partial charge in [-0.1, -0.05) is 171 Å². The minimum absolute atomic E-state index is 0.0508. The molecule has 0 amide bonds. The number of Topliss-reactive ketones (excluding diaryl/α,β-unsaturated/α-hetero) is 1. The molecule has 7 saturated heterocycles. The Labute approximate surface area is 707 Å². The maximum absolute atomic E-state index is 14.3. The molecule has 0 radical (unpaired) electrons. The number of likely N-dealkylation sites (tertiary alicyclic amines) is 2. The third-order valence-electron chi connectivity index (χ3n) is 30.5. The van der Waals surface area contributed by atoms with Crippen molar-refractivity contribution in [3.8, 4) is 0 Å². The molecule has 642 valence electrons. The number of pyridine rings is 1. The molecule has 20 nitrogen and oxygen atoms in total. The topological polar surface area (TPSA) is 189 Å². The number of carbonyl (C=O) groups is 1. The van der Waals surface area contributed by atoms with Crippen molar-refractivity contribution in [2.45, 2.75) is 376 Å². The van der Waals surface area contributed by atoms with Crippen LogP contribution >= 0.6 is 0 Å². The number of aryl methyl sites for hydroxylation is 3. The Balaban J connectivity index is 0.000000120. The van der Waals surface area contributed by atoms with Gasteiger partial charge in [0.2, 0.25) is 0 Å². The van der Waals surface area contributed by atoms with Crippen LogP contribution in [0.25, 0.3) is 44.3 Å². The number of rotatable bonds is 12. The van der Waals surface area contributed by atoms with Gasteiger partial charge in [-0.3, -0.25) is 38.7 Å². The molecule has 19 rings (SSSR count). The number of ketones is 1. The van der Waals surface area contributed by atoms with Crippen LogP contribution in [0.5, 0.6) is 0 Å². The summed E-state index contributed by atoms with van der Waals surface area (Å²) in [6.45, 7) is 13.6. The van der Waals surface area contributed by atoms with E-state index >= 15 is 0 Å². The van der Waals surface area contributed by atoms with Gasteiger partial charge in [0, 0.05) is 124 Å². The van der Waals surface area contributed by atoms with Crippen LogP contribution in [0.1, 0.15) is 318 Å². The van der Waals surface area contributed by atoms with Gasteiger partial charge >= 0.3 is 0 Å². The predicted molar refractivity (Wildman–Crippen MR) is 483 cm³/mol. The number of para-hydroxylation sites is 6. The van der Waals surface area contributed by atoms with Crippen LogP contribution in [0.3, 0.4) is 0 Å². The third kappa shape index (κ3) is 19.8. The van der Waals surface area contributed by atoms with Crippen LogP contribution in [-0.4, -0.2) is 181 Å². The van der Waals surface area contributed by atoms with Crippen LogP contribution in [-0.2, 0) is 4.79 Å². The molecular formula is C99H141N15O5. The van der Waals surface area contributed by atoms with Gasteiger partial charge in [0.15, 0.2) is 11.5 Å². The van der Waals surface area contributed by atoms with Gasteiger partial charge in [-0.15, -0.1) is 0 Å². The zero-order chi connectivity index (χ0) is 81.9. The zero-order valence-electron chi connectivity index (χ0n) is 73.1. The standard InChI is InChI=1S/C32H47N5O2.C24H33N3O.C22H31N3O.C21H30N4O/c1-23(38)21-34(2)27-17-18-35(22-27)31-32(39)37(30-16-9-8-15-29(30)33-31)28-19-25-13-10-14-26(20-28)36(25)24-11-6-4-3-5-7-12-24;1-17-24(28)27(23-12-8-7-11-22(23)25-17)21-15-19-13-14-20(16-21)26(19)18-9-5-3-2-4-6-10-18;1-17-22(26)25(21-12-8-7-11-20(21)23-17)19-13-15-24(16-14-19)18-9-5-3-2-4-6-10-18;1-16-21(26)25(19-10-7-13-22-20(19)23-16)18-11-14-24(15-12-18)17-8-5-3-2-4-6-9-17/h8-9,15-16,24-28H,3-7,10-14,17-22H2,1-2H3;7-8,11-12,18-21H,2-6,9-10,13-16H2,1H3;7-8,11-12,18-19H,2-6,9-10,13-16H2,1H3;7,10,13,17-18H,2-6,8-9,11-12,14-15H2,1H3/t25-,26+,27-,28?;19-,20+,21?;;/m0.../s1. The molecule has 11 fully saturated rings. The lowest BCUT2D eigenvalue weighted by atomic mass is 9.79. The Bertz CT molecular complexity index is 4760. The SMILES string of the molecule is CC(=O)CN(C)[C@H]1CCN(c2nc3ccccc3n(C3C[C@H]4CCC[C@@H](C3)N4C3CCCCCCC3)c2=O)C1.Cc1nc2ccccc2n(C2CCN(C3CCCCCCC3)CC2)c1=O.Cc1nc2ccccc2n(C2C[C@H]3CC[C@@H](C2)N3C2CCCCCCC2)c1=O.Cc1nc2ncccc2n(C2CCN(C3CCCCCCC3)CC2)c1=O. The molecule has 4 aliphatic carbocycles. The van der Waals surface area contributed by atoms with E-state index in [-0.39, 0.29) is 46.1 Å². The van der Waals surface area contributed by atoms with Crippen molar-refractivity contribution in [1.82, 2.24) is 67.7 Å². The summed E-state index contributed by atoms with van der Waals surface area (Å²) in [6, 6.07) is 35.3. The molecule has 0 N–H and O–H groups in total. The normalized spacial score (nSPS) is 25.9. The Morgan fingerprint density at radius 2 is 0.689 bits per heavy atom. The average Bonchev–Trinajstić information content (AvgIpc) is 0.950. The zero-order valence-corrected chi connectivity index (χ0v) is 73.1. The molecule has 20 heteroatoms. The molecule has 11 aliphatic rings. The maximum atomic E-state index is 14.3. The van der Waals surface area contributed by atoms with Gasteiger partial charge in [-0.2, -0.15) is 0 Å². The van der Waals surface area contributed by atoms with E-state index in [1.165, 1.54) is 212 Å². The molecule has 4 saturated carbocycles. The molecule has 0 spiro atoms. The first-order chi connectivity index (χ1) is 58.2. The highest BCUT2D eigenvalue weighted by Crippen LogP contribution is 2.46. The second kappa shape index (κ2) is 40.3. The molecule has 7 atom stereocenters. The Morgan fingerprint density at radius 3 is 1.12 bits per heavy atom. The maximum Gasteiger partial charge on any atom is 0.294 e. The number of carbonyl (C=O) groups excluding carboxylic acids is 1. The van der Waals surface area contributed by atoms with Gasteiger partial charge in [0.05, 0.1) is 45.2 Å². The predicted octanol–water partition coefficient (Wildman–Crippen LogP) is 18.5. The smallest absolute Gasteiger partial charge is 0.294 e. The highest BCUT2D eigenvalue weighted by molar-refractivity contribution is 5.79. The van der Waals surface area contributed by atoms with Gasteiger partial charge in [-0.25, -0.2) is 24.9 Å². The van der Waals surface area contributed by atoms with Gasteiger partial charge in [0.25, 0.3) is 22.2 Å². The third-order valence-corrected chi connectivity index (χ3v) is 30.5. The lowest BCUT2D eigenvalue weighted by Crippen LogP contribution is -2.57. The lowest BCUT2D eigenvalue weighted by Gasteiger charge is -2.53. The Hall–Kier alpha value is -7.36. The average molecular weight is 1620 g/mol. The molecule has 5 aromatic heterocycles. The fourth-order valence-electron chi connectivity index (χ4n) is 24.5. The quantitative estimate of drug-likeness (QED) is 0.112. The van der Waals surface area contributed by atoms with Gasteiger partial charge < -0.3 is 33.0 Å². The Morgan fingerprint density at radius 1 is 0.345 bits per heavy atom. The van der Waals surface area contributed by atoms with E-state index in [1.807, 2.05) is 96.8 Å². The van der Waals surface area contributed by atoms with Crippen molar-refractivity contribution < 1.29 is 4.79 Å². The Kier molecular flexibility index (Phi) is 28.9. The second-order valence-electron chi connectivity index (χ2n) is 38.3. The van der Waals surface area contributed by atoms with E-state index in [0.717, 1.165) is 160 Å². The number of likely N-dealkylation sites (N-methyl/N-ethyl adjacent to an activating group) is 1. The van der Waals surface area contributed by atoms with Crippen LogP contribution in [0.2, 0.25) is 0 Å². The molecule has 119 heavy (non-hydrogen) atoms. The highest BCUT2D eigenvalue weighted by atomic mass is 16.1. The summed E-state index contributed by atoms with van der Waals surface area (Å²) in [4.78, 5) is 103. The summed E-state index contributed by atoms with van der Waals surface area (Å²) < 4.78 is 8.25. The largest absolute Gasteiger partial charge is 0.350 e. The second-order valence-corrected chi connectivity index (χ2v) is 38.3. The van der Waals surface area contributed by atoms with Crippen molar-refractivity contribution in [3.05, 3.63) is 150 Å². The minimum Gasteiger partial charge on any atom is -0.350 e. The number of hydrogen-bond donors (Lipinski definition) is 0. The van der Waals surface area contributed by atoms with Crippen LogP contribution in [0, 0.1) is 20.8 Å². The molecule has 2 unspecified atom stereocenters. The van der Waals surface area contributed by atoms with Gasteiger partial charge in [0.1, 0.15) is 22.9 Å². The number of benzene rings is 3. The van der Waals surface area contributed by atoms with Crippen molar-refractivity contribution in [2.75, 3.05) is 57.8 Å². The van der Waals surface area contributed by atoms with E-state index < -0.39 is 0 Å². The highest BCUT2D eigenvalue weighted by Gasteiger charge is 2.46. The van der Waals surface area contributed by atoms with Crippen LogP contribution in [0.4, 0.5) is 5.82 Å². The molecule has 7 aliphatic heterocycles. The van der Waals surface area contributed by atoms with Crippen molar-refractivity contribution in [1.29, 1.82) is 0 Å². The first-order valence-electron chi connectivity index (χ1n) is 48.0. The number of hydrogen-bond acceptors (Lipinski definition) is 16. The molecule has 12 heterocycles. The van der Waals surface area contributed by atoms with Crippen molar-refractivity contribution >= 4 is 55.9 Å².